The second kappa shape index (κ2) is 9.32. The Morgan fingerprint density at radius 1 is 1.23 bits per heavy atom. The number of para-hydroxylation sites is 1. The van der Waals surface area contributed by atoms with Gasteiger partial charge in [-0.3, -0.25) is 9.78 Å². The Balaban J connectivity index is 1.31. The third-order valence-electron chi connectivity index (χ3n) is 4.68. The van der Waals surface area contributed by atoms with E-state index in [-0.39, 0.29) is 12.4 Å². The van der Waals surface area contributed by atoms with Gasteiger partial charge in [-0.1, -0.05) is 24.3 Å². The first-order valence-corrected chi connectivity index (χ1v) is 9.61. The molecule has 0 spiro atoms. The molecule has 2 heterocycles. The highest BCUT2D eigenvalue weighted by Crippen LogP contribution is 2.23. The number of hydrazone groups is 1. The fourth-order valence-electron chi connectivity index (χ4n) is 3.21. The Hall–Kier alpha value is -3.52. The Morgan fingerprint density at radius 2 is 2.07 bits per heavy atom. The lowest BCUT2D eigenvalue weighted by molar-refractivity contribution is -0.123. The highest BCUT2D eigenvalue weighted by Gasteiger charge is 2.15. The highest BCUT2D eigenvalue weighted by molar-refractivity contribution is 5.86. The number of benzene rings is 2. The van der Waals surface area contributed by atoms with Crippen LogP contribution in [0.25, 0.3) is 10.9 Å². The number of amides is 1. The van der Waals surface area contributed by atoms with E-state index in [1.54, 1.807) is 24.4 Å². The molecule has 0 unspecified atom stereocenters. The predicted molar refractivity (Wildman–Crippen MR) is 112 cm³/mol. The first-order valence-electron chi connectivity index (χ1n) is 9.61. The van der Waals surface area contributed by atoms with Gasteiger partial charge in [0.15, 0.2) is 6.61 Å². The van der Waals surface area contributed by atoms with Crippen molar-refractivity contribution in [2.75, 3.05) is 37.8 Å². The largest absolute Gasteiger partial charge is 0.481 e. The van der Waals surface area contributed by atoms with Crippen LogP contribution in [0.2, 0.25) is 0 Å². The van der Waals surface area contributed by atoms with Crippen LogP contribution < -0.4 is 15.1 Å². The summed E-state index contributed by atoms with van der Waals surface area (Å²) in [6.45, 7) is 2.29. The quantitative estimate of drug-likeness (QED) is 0.501. The smallest absolute Gasteiger partial charge is 0.277 e. The van der Waals surface area contributed by atoms with Crippen LogP contribution in [-0.2, 0) is 9.53 Å². The molecule has 0 atom stereocenters. The molecule has 0 aliphatic carbocycles. The van der Waals surface area contributed by atoms with Crippen molar-refractivity contribution in [1.29, 1.82) is 0 Å². The zero-order chi connectivity index (χ0) is 20.8. The number of hydrogen-bond donors (Lipinski definition) is 1. The van der Waals surface area contributed by atoms with Gasteiger partial charge >= 0.3 is 0 Å². The second-order valence-corrected chi connectivity index (χ2v) is 6.72. The fourth-order valence-corrected chi connectivity index (χ4v) is 3.21. The van der Waals surface area contributed by atoms with E-state index >= 15 is 0 Å². The van der Waals surface area contributed by atoms with E-state index in [1.807, 2.05) is 29.2 Å². The predicted octanol–water partition coefficient (Wildman–Crippen LogP) is 2.74. The van der Waals surface area contributed by atoms with E-state index in [2.05, 4.69) is 15.5 Å². The summed E-state index contributed by atoms with van der Waals surface area (Å²) in [6, 6.07) is 14.1. The summed E-state index contributed by atoms with van der Waals surface area (Å²) in [5.74, 6) is -0.239. The number of hydrogen-bond acceptors (Lipinski definition) is 6. The number of aromatic nitrogens is 1. The Bertz CT molecular complexity index is 1060. The normalized spacial score (nSPS) is 14.2. The Labute approximate surface area is 173 Å². The van der Waals surface area contributed by atoms with E-state index in [4.69, 9.17) is 9.47 Å². The van der Waals surface area contributed by atoms with Crippen LogP contribution in [0, 0.1) is 5.82 Å². The van der Waals surface area contributed by atoms with Gasteiger partial charge in [0.05, 0.1) is 25.1 Å². The van der Waals surface area contributed by atoms with Gasteiger partial charge in [0, 0.05) is 24.7 Å². The van der Waals surface area contributed by atoms with Gasteiger partial charge in [-0.05, 0) is 29.8 Å². The molecule has 1 amide bonds. The summed E-state index contributed by atoms with van der Waals surface area (Å²) >= 11 is 0. The minimum atomic E-state index is -0.426. The van der Waals surface area contributed by atoms with E-state index in [0.29, 0.717) is 48.8 Å². The van der Waals surface area contributed by atoms with Crippen molar-refractivity contribution >= 4 is 28.7 Å². The zero-order valence-electron chi connectivity index (χ0n) is 16.3. The van der Waals surface area contributed by atoms with Crippen molar-refractivity contribution in [3.05, 3.63) is 66.1 Å². The molecule has 0 radical (unpaired) electrons. The lowest BCUT2D eigenvalue weighted by Gasteiger charge is -2.29. The minimum absolute atomic E-state index is 0.211. The van der Waals surface area contributed by atoms with Gasteiger partial charge in [-0.2, -0.15) is 5.10 Å². The average Bonchev–Trinajstić information content (AvgIpc) is 2.78. The molecule has 2 aromatic carbocycles. The summed E-state index contributed by atoms with van der Waals surface area (Å²) in [5, 5.41) is 4.81. The van der Waals surface area contributed by atoms with Gasteiger partial charge in [-0.15, -0.1) is 0 Å². The fraction of sp³-hybridized carbons (Fsp3) is 0.227. The number of halogens is 1. The first kappa shape index (κ1) is 19.8. The standard InChI is InChI=1S/C22H21FN4O3/c23-18-13-16(6-7-19(18)27-9-11-29-12-10-27)14-25-26-21(28)15-30-20-5-1-3-17-4-2-8-24-22(17)20/h1-8,13-14H,9-12,15H2,(H,26,28)/b25-14-. The van der Waals surface area contributed by atoms with E-state index in [9.17, 15) is 9.18 Å². The van der Waals surface area contributed by atoms with E-state index < -0.39 is 5.91 Å². The molecule has 1 aliphatic heterocycles. The van der Waals surface area contributed by atoms with Crippen molar-refractivity contribution in [1.82, 2.24) is 10.4 Å². The number of morpholine rings is 1. The maximum absolute atomic E-state index is 14.4. The molecule has 1 N–H and O–H groups in total. The van der Waals surface area contributed by atoms with Crippen LogP contribution >= 0.6 is 0 Å². The van der Waals surface area contributed by atoms with Gasteiger partial charge < -0.3 is 14.4 Å². The first-order chi connectivity index (χ1) is 14.7. The molecular formula is C22H21FN4O3. The highest BCUT2D eigenvalue weighted by atomic mass is 19.1. The number of ether oxygens (including phenoxy) is 2. The Morgan fingerprint density at radius 3 is 2.90 bits per heavy atom. The van der Waals surface area contributed by atoms with Crippen molar-refractivity contribution in [3.8, 4) is 5.75 Å². The van der Waals surface area contributed by atoms with Crippen molar-refractivity contribution < 1.29 is 18.7 Å². The monoisotopic (exact) mass is 408 g/mol. The van der Waals surface area contributed by atoms with Gasteiger partial charge in [0.25, 0.3) is 5.91 Å². The minimum Gasteiger partial charge on any atom is -0.481 e. The molecule has 1 fully saturated rings. The maximum atomic E-state index is 14.4. The summed E-state index contributed by atoms with van der Waals surface area (Å²) in [7, 11) is 0. The van der Waals surface area contributed by atoms with Crippen molar-refractivity contribution in [3.63, 3.8) is 0 Å². The zero-order valence-corrected chi connectivity index (χ0v) is 16.3. The molecule has 1 aliphatic rings. The summed E-state index contributed by atoms with van der Waals surface area (Å²) < 4.78 is 25.3. The number of fused-ring (bicyclic) bond motifs is 1. The van der Waals surface area contributed by atoms with Gasteiger partial charge in [0.2, 0.25) is 0 Å². The SMILES string of the molecule is O=C(COc1cccc2cccnc12)N/N=C\c1ccc(N2CCOCC2)c(F)c1. The number of nitrogens with zero attached hydrogens (tertiary/aromatic N) is 3. The van der Waals surface area contributed by atoms with Crippen LogP contribution in [0.5, 0.6) is 5.75 Å². The second-order valence-electron chi connectivity index (χ2n) is 6.72. The number of carbonyl (C=O) groups is 1. The molecule has 0 bridgehead atoms. The summed E-state index contributed by atoms with van der Waals surface area (Å²) in [4.78, 5) is 18.2. The van der Waals surface area contributed by atoms with Crippen molar-refractivity contribution in [2.24, 2.45) is 5.10 Å². The maximum Gasteiger partial charge on any atom is 0.277 e. The number of carbonyl (C=O) groups excluding carboxylic acids is 1. The Kier molecular flexibility index (Phi) is 6.14. The van der Waals surface area contributed by atoms with Gasteiger partial charge in [-0.25, -0.2) is 9.82 Å². The van der Waals surface area contributed by atoms with Crippen LogP contribution in [0.15, 0.2) is 59.8 Å². The van der Waals surface area contributed by atoms with Gasteiger partial charge in [0.1, 0.15) is 17.1 Å². The molecule has 154 valence electrons. The number of nitrogens with one attached hydrogen (secondary N) is 1. The number of rotatable bonds is 6. The molecule has 7 nitrogen and oxygen atoms in total. The van der Waals surface area contributed by atoms with Crippen LogP contribution in [0.3, 0.4) is 0 Å². The third-order valence-corrected chi connectivity index (χ3v) is 4.68. The molecule has 3 aromatic rings. The van der Waals surface area contributed by atoms with Crippen LogP contribution in [0.4, 0.5) is 10.1 Å². The molecule has 1 saturated heterocycles. The molecular weight excluding hydrogens is 387 g/mol. The molecule has 0 saturated carbocycles. The van der Waals surface area contributed by atoms with E-state index in [1.165, 1.54) is 12.3 Å². The molecule has 4 rings (SSSR count). The average molecular weight is 408 g/mol. The molecule has 8 heteroatoms. The summed E-state index contributed by atoms with van der Waals surface area (Å²) in [6.07, 6.45) is 3.06. The lowest BCUT2D eigenvalue weighted by atomic mass is 10.2. The summed E-state index contributed by atoms with van der Waals surface area (Å²) in [5.41, 5.74) is 4.15. The van der Waals surface area contributed by atoms with Crippen molar-refractivity contribution in [2.45, 2.75) is 0 Å². The third kappa shape index (κ3) is 4.72. The number of pyridine rings is 1. The van der Waals surface area contributed by atoms with E-state index in [0.717, 1.165) is 5.39 Å². The molecule has 30 heavy (non-hydrogen) atoms. The molecule has 1 aromatic heterocycles. The lowest BCUT2D eigenvalue weighted by Crippen LogP contribution is -2.36. The topological polar surface area (TPSA) is 76.0 Å². The van der Waals surface area contributed by atoms with Crippen LogP contribution in [0.1, 0.15) is 5.56 Å². The van der Waals surface area contributed by atoms with Crippen LogP contribution in [-0.4, -0.2) is 50.0 Å². The number of anilines is 1.